The lowest BCUT2D eigenvalue weighted by atomic mass is 10.2. The summed E-state index contributed by atoms with van der Waals surface area (Å²) in [6.07, 6.45) is 1.45. The van der Waals surface area contributed by atoms with Crippen molar-refractivity contribution in [3.8, 4) is 0 Å². The molecule has 0 radical (unpaired) electrons. The van der Waals surface area contributed by atoms with Gasteiger partial charge in [-0.05, 0) is 59.7 Å². The molecule has 32 heavy (non-hydrogen) atoms. The summed E-state index contributed by atoms with van der Waals surface area (Å²) in [5.74, 6) is -1.07. The van der Waals surface area contributed by atoms with Gasteiger partial charge < -0.3 is 0 Å². The van der Waals surface area contributed by atoms with Crippen LogP contribution in [-0.4, -0.2) is 31.4 Å². The Hall–Kier alpha value is -2.59. The number of amides is 1. The number of hydrazone groups is 1. The Kier molecular flexibility index (Phi) is 8.14. The summed E-state index contributed by atoms with van der Waals surface area (Å²) in [6.45, 7) is -0.616. The topological polar surface area (TPSA) is 78.8 Å². The summed E-state index contributed by atoms with van der Waals surface area (Å²) in [7, 11) is -4.04. The number of hydrogen-bond acceptors (Lipinski definition) is 4. The largest absolute Gasteiger partial charge is 0.272 e. The third-order valence-electron chi connectivity index (χ3n) is 4.32. The van der Waals surface area contributed by atoms with Gasteiger partial charge in [0.25, 0.3) is 5.91 Å². The van der Waals surface area contributed by atoms with Crippen LogP contribution in [0.5, 0.6) is 0 Å². The van der Waals surface area contributed by atoms with Crippen molar-refractivity contribution in [2.75, 3.05) is 6.54 Å². The normalized spacial score (nSPS) is 11.8. The van der Waals surface area contributed by atoms with Gasteiger partial charge in [0.1, 0.15) is 5.82 Å². The Morgan fingerprint density at radius 3 is 2.28 bits per heavy atom. The first kappa shape index (κ1) is 24.1. The van der Waals surface area contributed by atoms with Crippen molar-refractivity contribution in [2.24, 2.45) is 5.10 Å². The average Bonchev–Trinajstić information content (AvgIpc) is 2.76. The maximum absolute atomic E-state index is 13.2. The monoisotopic (exact) mass is 537 g/mol. The Balaban J connectivity index is 1.78. The van der Waals surface area contributed by atoms with E-state index in [2.05, 4.69) is 26.5 Å². The van der Waals surface area contributed by atoms with Crippen molar-refractivity contribution in [3.63, 3.8) is 0 Å². The lowest BCUT2D eigenvalue weighted by Crippen LogP contribution is -2.39. The van der Waals surface area contributed by atoms with Crippen LogP contribution in [0.1, 0.15) is 11.1 Å². The number of benzene rings is 3. The van der Waals surface area contributed by atoms with Gasteiger partial charge in [0.2, 0.25) is 10.0 Å². The van der Waals surface area contributed by atoms with E-state index in [1.165, 1.54) is 54.7 Å². The molecule has 0 fully saturated rings. The highest BCUT2D eigenvalue weighted by Crippen LogP contribution is 2.20. The van der Waals surface area contributed by atoms with Gasteiger partial charge in [0.15, 0.2) is 0 Å². The van der Waals surface area contributed by atoms with Crippen LogP contribution in [0, 0.1) is 5.82 Å². The third kappa shape index (κ3) is 6.70. The summed E-state index contributed by atoms with van der Waals surface area (Å²) in [6, 6.07) is 18.2. The molecule has 10 heteroatoms. The summed E-state index contributed by atoms with van der Waals surface area (Å²) >= 11 is 9.19. The standard InChI is InChI=1S/C22H18BrClFN3O3S/c23-18-5-1-16(2-6-18)13-26-27-22(29)15-28(14-17-3-9-20(25)10-4-17)32(30,31)21-11-7-19(24)8-12-21/h1-13H,14-15H2,(H,27,29)/b26-13-. The second-order valence-electron chi connectivity index (χ2n) is 6.70. The summed E-state index contributed by atoms with van der Waals surface area (Å²) in [5, 5.41) is 4.26. The summed E-state index contributed by atoms with van der Waals surface area (Å²) in [4.78, 5) is 12.4. The zero-order valence-electron chi connectivity index (χ0n) is 16.6. The second-order valence-corrected chi connectivity index (χ2v) is 9.99. The van der Waals surface area contributed by atoms with Gasteiger partial charge in [0.05, 0.1) is 17.7 Å². The van der Waals surface area contributed by atoms with Crippen molar-refractivity contribution in [1.29, 1.82) is 0 Å². The van der Waals surface area contributed by atoms with Gasteiger partial charge in [-0.25, -0.2) is 18.2 Å². The molecule has 0 aliphatic carbocycles. The Labute approximate surface area is 198 Å². The second kappa shape index (κ2) is 10.8. The molecule has 6 nitrogen and oxygen atoms in total. The zero-order chi connectivity index (χ0) is 23.1. The van der Waals surface area contributed by atoms with Gasteiger partial charge in [0, 0.05) is 16.0 Å². The van der Waals surface area contributed by atoms with E-state index in [9.17, 15) is 17.6 Å². The first-order valence-electron chi connectivity index (χ1n) is 9.32. The summed E-state index contributed by atoms with van der Waals surface area (Å²) < 4.78 is 41.5. The van der Waals surface area contributed by atoms with E-state index in [1.54, 1.807) is 12.1 Å². The molecular weight excluding hydrogens is 521 g/mol. The molecule has 3 rings (SSSR count). The van der Waals surface area contributed by atoms with Crippen LogP contribution in [-0.2, 0) is 21.4 Å². The van der Waals surface area contributed by atoms with Crippen LogP contribution in [0.25, 0.3) is 0 Å². The Morgan fingerprint density at radius 2 is 1.66 bits per heavy atom. The molecule has 0 aliphatic rings. The van der Waals surface area contributed by atoms with E-state index < -0.39 is 28.3 Å². The van der Waals surface area contributed by atoms with Crippen molar-refractivity contribution in [2.45, 2.75) is 11.4 Å². The van der Waals surface area contributed by atoms with E-state index in [4.69, 9.17) is 11.6 Å². The highest BCUT2D eigenvalue weighted by Gasteiger charge is 2.27. The van der Waals surface area contributed by atoms with Crippen LogP contribution in [0.15, 0.2) is 87.3 Å². The maximum Gasteiger partial charge on any atom is 0.255 e. The smallest absolute Gasteiger partial charge is 0.255 e. The highest BCUT2D eigenvalue weighted by atomic mass is 79.9. The minimum absolute atomic E-state index is 0.0184. The van der Waals surface area contributed by atoms with Crippen molar-refractivity contribution in [1.82, 2.24) is 9.73 Å². The first-order valence-corrected chi connectivity index (χ1v) is 11.9. The molecule has 3 aromatic rings. The number of nitrogens with one attached hydrogen (secondary N) is 1. The lowest BCUT2D eigenvalue weighted by molar-refractivity contribution is -0.121. The van der Waals surface area contributed by atoms with Gasteiger partial charge in [-0.15, -0.1) is 0 Å². The van der Waals surface area contributed by atoms with Crippen molar-refractivity contribution in [3.05, 3.63) is 99.2 Å². The summed E-state index contributed by atoms with van der Waals surface area (Å²) in [5.41, 5.74) is 3.61. The number of rotatable bonds is 8. The molecule has 0 saturated carbocycles. The number of carbonyl (C=O) groups is 1. The Bertz CT molecular complexity index is 1200. The van der Waals surface area contributed by atoms with Crippen molar-refractivity contribution < 1.29 is 17.6 Å². The fourth-order valence-corrected chi connectivity index (χ4v) is 4.47. The number of halogens is 3. The molecule has 0 aliphatic heterocycles. The predicted molar refractivity (Wildman–Crippen MR) is 125 cm³/mol. The van der Waals surface area contributed by atoms with E-state index >= 15 is 0 Å². The average molecular weight is 539 g/mol. The van der Waals surface area contributed by atoms with Gasteiger partial charge in [-0.2, -0.15) is 9.41 Å². The zero-order valence-corrected chi connectivity index (χ0v) is 19.7. The van der Waals surface area contributed by atoms with Crippen LogP contribution < -0.4 is 5.43 Å². The molecule has 0 unspecified atom stereocenters. The predicted octanol–water partition coefficient (Wildman–Crippen LogP) is 4.58. The van der Waals surface area contributed by atoms with Crippen LogP contribution in [0.4, 0.5) is 4.39 Å². The minimum Gasteiger partial charge on any atom is -0.272 e. The number of hydrogen-bond donors (Lipinski definition) is 1. The highest BCUT2D eigenvalue weighted by molar-refractivity contribution is 9.10. The van der Waals surface area contributed by atoms with Crippen LogP contribution >= 0.6 is 27.5 Å². The quantitative estimate of drug-likeness (QED) is 0.337. The fraction of sp³-hybridized carbons (Fsp3) is 0.0909. The molecule has 166 valence electrons. The minimum atomic E-state index is -4.04. The van der Waals surface area contributed by atoms with Crippen molar-refractivity contribution >= 4 is 49.7 Å². The third-order valence-corrected chi connectivity index (χ3v) is 6.90. The van der Waals surface area contributed by atoms with Crippen LogP contribution in [0.2, 0.25) is 5.02 Å². The fourth-order valence-electron chi connectivity index (χ4n) is 2.70. The van der Waals surface area contributed by atoms with Gasteiger partial charge in [-0.1, -0.05) is 51.8 Å². The molecule has 1 amide bonds. The van der Waals surface area contributed by atoms with E-state index in [-0.39, 0.29) is 11.4 Å². The molecule has 1 N–H and O–H groups in total. The lowest BCUT2D eigenvalue weighted by Gasteiger charge is -2.21. The van der Waals surface area contributed by atoms with Gasteiger partial charge >= 0.3 is 0 Å². The molecule has 0 aromatic heterocycles. The maximum atomic E-state index is 13.2. The number of nitrogens with zero attached hydrogens (tertiary/aromatic N) is 2. The first-order chi connectivity index (χ1) is 15.2. The molecule has 0 atom stereocenters. The molecule has 0 saturated heterocycles. The molecule has 3 aromatic carbocycles. The Morgan fingerprint density at radius 1 is 1.03 bits per heavy atom. The van der Waals surface area contributed by atoms with E-state index in [0.29, 0.717) is 10.6 Å². The number of carbonyl (C=O) groups excluding carboxylic acids is 1. The molecule has 0 spiro atoms. The number of sulfonamides is 1. The van der Waals surface area contributed by atoms with E-state index in [1.807, 2.05) is 12.1 Å². The SMILES string of the molecule is O=C(CN(Cc1ccc(F)cc1)S(=O)(=O)c1ccc(Cl)cc1)N/N=C\c1ccc(Br)cc1. The van der Waals surface area contributed by atoms with Gasteiger partial charge in [-0.3, -0.25) is 4.79 Å². The molecular formula is C22H18BrClFN3O3S. The molecule has 0 heterocycles. The van der Waals surface area contributed by atoms with E-state index in [0.717, 1.165) is 14.3 Å². The van der Waals surface area contributed by atoms with Crippen LogP contribution in [0.3, 0.4) is 0 Å². The molecule has 0 bridgehead atoms.